The van der Waals surface area contributed by atoms with Gasteiger partial charge in [0.2, 0.25) is 21.8 Å². The van der Waals surface area contributed by atoms with E-state index in [-0.39, 0.29) is 35.8 Å². The summed E-state index contributed by atoms with van der Waals surface area (Å²) in [6.07, 6.45) is 0.690. The van der Waals surface area contributed by atoms with E-state index in [4.69, 9.17) is 5.14 Å². The lowest BCUT2D eigenvalue weighted by Gasteiger charge is -2.18. The van der Waals surface area contributed by atoms with E-state index >= 15 is 0 Å². The second-order valence-corrected chi connectivity index (χ2v) is 6.97. The predicted octanol–water partition coefficient (Wildman–Crippen LogP) is -1.36. The molecule has 0 aliphatic carbocycles. The van der Waals surface area contributed by atoms with E-state index in [2.05, 4.69) is 10.5 Å². The molecule has 0 aromatic rings. The quantitative estimate of drug-likeness (QED) is 0.651. The van der Waals surface area contributed by atoms with Gasteiger partial charge in [-0.1, -0.05) is 0 Å². The average molecular weight is 302 g/mol. The smallest absolute Gasteiger partial charge is 0.248 e. The van der Waals surface area contributed by atoms with Crippen molar-refractivity contribution in [1.82, 2.24) is 10.3 Å². The summed E-state index contributed by atoms with van der Waals surface area (Å²) in [5.74, 6) is -0.994. The van der Waals surface area contributed by atoms with E-state index in [1.165, 1.54) is 0 Å². The van der Waals surface area contributed by atoms with E-state index in [0.717, 1.165) is 0 Å². The molecule has 0 bridgehead atoms. The van der Waals surface area contributed by atoms with Crippen molar-refractivity contribution >= 4 is 27.5 Å². The molecule has 3 N–H and O–H groups in total. The molecule has 112 valence electrons. The number of likely N-dealkylation sites (tertiary alicyclic amines) is 1. The van der Waals surface area contributed by atoms with Crippen molar-refractivity contribution in [3.05, 3.63) is 0 Å². The summed E-state index contributed by atoms with van der Waals surface area (Å²) < 4.78 is 22.1. The number of amides is 2. The molecule has 0 spiro atoms. The molecule has 8 nitrogen and oxygen atoms in total. The molecule has 9 heteroatoms. The number of hydrogen-bond acceptors (Lipinski definition) is 5. The van der Waals surface area contributed by atoms with Gasteiger partial charge in [-0.05, 0) is 13.3 Å². The largest absolute Gasteiger partial charge is 0.342 e. The minimum absolute atomic E-state index is 0.0911. The van der Waals surface area contributed by atoms with Gasteiger partial charge in [0.1, 0.15) is 0 Å². The normalized spacial score (nSPS) is 26.9. The Balaban J connectivity index is 1.87. The molecule has 1 saturated heterocycles. The van der Waals surface area contributed by atoms with Crippen molar-refractivity contribution in [2.75, 3.05) is 18.8 Å². The van der Waals surface area contributed by atoms with E-state index in [1.807, 2.05) is 0 Å². The maximum atomic E-state index is 11.8. The van der Waals surface area contributed by atoms with Crippen molar-refractivity contribution in [1.29, 1.82) is 0 Å². The van der Waals surface area contributed by atoms with Crippen molar-refractivity contribution in [3.63, 3.8) is 0 Å². The Kier molecular flexibility index (Phi) is 4.09. The summed E-state index contributed by atoms with van der Waals surface area (Å²) in [6, 6.07) is 0. The highest BCUT2D eigenvalue weighted by molar-refractivity contribution is 7.89. The van der Waals surface area contributed by atoms with Crippen LogP contribution in [-0.2, 0) is 19.6 Å². The molecule has 2 unspecified atom stereocenters. The molecule has 2 aliphatic rings. The molecule has 2 atom stereocenters. The van der Waals surface area contributed by atoms with Crippen LogP contribution in [0, 0.1) is 11.8 Å². The standard InChI is InChI=1S/C11H18N4O4S/c1-7-9(11(17)14-13-7)2-3-15-5-8(4-10(15)16)6-20(12,18)19/h8-9H,2-6H2,1H3,(H,14,17)(H2,12,18,19). The number of sulfonamides is 1. The molecule has 1 fully saturated rings. The number of nitrogens with one attached hydrogen (secondary N) is 1. The van der Waals surface area contributed by atoms with Crippen molar-refractivity contribution in [3.8, 4) is 0 Å². The van der Waals surface area contributed by atoms with Crippen LogP contribution in [-0.4, -0.2) is 49.7 Å². The lowest BCUT2D eigenvalue weighted by molar-refractivity contribution is -0.128. The molecular formula is C11H18N4O4S. The van der Waals surface area contributed by atoms with E-state index in [9.17, 15) is 18.0 Å². The van der Waals surface area contributed by atoms with Crippen LogP contribution in [0.1, 0.15) is 19.8 Å². The predicted molar refractivity (Wildman–Crippen MR) is 72.0 cm³/mol. The molecule has 2 rings (SSSR count). The summed E-state index contributed by atoms with van der Waals surface area (Å²) in [6.45, 7) is 2.56. The lowest BCUT2D eigenvalue weighted by atomic mass is 10.0. The Labute approximate surface area is 117 Å². The fraction of sp³-hybridized carbons (Fsp3) is 0.727. The van der Waals surface area contributed by atoms with Gasteiger partial charge >= 0.3 is 0 Å². The molecule has 0 aromatic heterocycles. The summed E-state index contributed by atoms with van der Waals surface area (Å²) in [7, 11) is -3.56. The van der Waals surface area contributed by atoms with Gasteiger partial charge in [0, 0.05) is 31.1 Å². The third-order valence-electron chi connectivity index (χ3n) is 3.61. The highest BCUT2D eigenvalue weighted by Gasteiger charge is 2.33. The van der Waals surface area contributed by atoms with Crippen LogP contribution in [0.15, 0.2) is 5.10 Å². The molecule has 2 aliphatic heterocycles. The molecule has 2 heterocycles. The van der Waals surface area contributed by atoms with Crippen LogP contribution in [0.3, 0.4) is 0 Å². The average Bonchev–Trinajstić information content (AvgIpc) is 2.79. The number of hydrazone groups is 1. The lowest BCUT2D eigenvalue weighted by Crippen LogP contribution is -2.32. The Morgan fingerprint density at radius 1 is 1.45 bits per heavy atom. The van der Waals surface area contributed by atoms with Crippen LogP contribution in [0.5, 0.6) is 0 Å². The minimum Gasteiger partial charge on any atom is -0.342 e. The minimum atomic E-state index is -3.56. The van der Waals surface area contributed by atoms with Crippen molar-refractivity contribution < 1.29 is 18.0 Å². The van der Waals surface area contributed by atoms with Crippen LogP contribution < -0.4 is 10.6 Å². The van der Waals surface area contributed by atoms with Crippen molar-refractivity contribution in [2.24, 2.45) is 22.1 Å². The molecule has 0 radical (unpaired) electrons. The Bertz CT molecular complexity index is 557. The van der Waals surface area contributed by atoms with Crippen molar-refractivity contribution in [2.45, 2.75) is 19.8 Å². The fourth-order valence-electron chi connectivity index (χ4n) is 2.62. The topological polar surface area (TPSA) is 122 Å². The first-order chi connectivity index (χ1) is 9.26. The van der Waals surface area contributed by atoms with Gasteiger partial charge in [0.15, 0.2) is 0 Å². The van der Waals surface area contributed by atoms with E-state index in [0.29, 0.717) is 25.2 Å². The van der Waals surface area contributed by atoms with Gasteiger partial charge in [0.05, 0.1) is 11.7 Å². The second kappa shape index (κ2) is 5.49. The Morgan fingerprint density at radius 2 is 2.15 bits per heavy atom. The summed E-state index contributed by atoms with van der Waals surface area (Å²) >= 11 is 0. The zero-order chi connectivity index (χ0) is 14.9. The summed E-state index contributed by atoms with van der Waals surface area (Å²) in [5.41, 5.74) is 3.11. The molecule has 20 heavy (non-hydrogen) atoms. The number of hydrogen-bond donors (Lipinski definition) is 2. The van der Waals surface area contributed by atoms with Gasteiger partial charge in [-0.3, -0.25) is 9.59 Å². The Hall–Kier alpha value is -1.48. The second-order valence-electron chi connectivity index (χ2n) is 5.31. The first kappa shape index (κ1) is 14.9. The monoisotopic (exact) mass is 302 g/mol. The van der Waals surface area contributed by atoms with Crippen LogP contribution >= 0.6 is 0 Å². The number of nitrogens with two attached hydrogens (primary N) is 1. The molecular weight excluding hydrogens is 284 g/mol. The van der Waals surface area contributed by atoms with Gasteiger partial charge in [-0.25, -0.2) is 19.0 Å². The first-order valence-corrected chi connectivity index (χ1v) is 8.10. The van der Waals surface area contributed by atoms with E-state index < -0.39 is 10.0 Å². The fourth-order valence-corrected chi connectivity index (χ4v) is 3.50. The van der Waals surface area contributed by atoms with Crippen LogP contribution in [0.4, 0.5) is 0 Å². The highest BCUT2D eigenvalue weighted by Crippen LogP contribution is 2.21. The number of carbonyl (C=O) groups excluding carboxylic acids is 2. The maximum absolute atomic E-state index is 11.8. The Morgan fingerprint density at radius 3 is 2.70 bits per heavy atom. The maximum Gasteiger partial charge on any atom is 0.248 e. The highest BCUT2D eigenvalue weighted by atomic mass is 32.2. The SMILES string of the molecule is CC1=NNC(=O)C1CCN1CC(CS(N)(=O)=O)CC1=O. The number of carbonyl (C=O) groups is 2. The van der Waals surface area contributed by atoms with E-state index in [1.54, 1.807) is 11.8 Å². The van der Waals surface area contributed by atoms with Gasteiger partial charge in [-0.15, -0.1) is 0 Å². The summed E-state index contributed by atoms with van der Waals surface area (Å²) in [5, 5.41) is 8.83. The molecule has 0 aromatic carbocycles. The number of rotatable bonds is 5. The summed E-state index contributed by atoms with van der Waals surface area (Å²) in [4.78, 5) is 24.9. The molecule has 2 amide bonds. The van der Waals surface area contributed by atoms with Gasteiger partial charge < -0.3 is 4.90 Å². The van der Waals surface area contributed by atoms with Crippen LogP contribution in [0.2, 0.25) is 0 Å². The zero-order valence-corrected chi connectivity index (χ0v) is 12.0. The number of primary sulfonamides is 1. The third kappa shape index (κ3) is 3.54. The third-order valence-corrected chi connectivity index (χ3v) is 4.55. The van der Waals surface area contributed by atoms with Gasteiger partial charge in [0.25, 0.3) is 0 Å². The first-order valence-electron chi connectivity index (χ1n) is 6.38. The number of nitrogens with zero attached hydrogens (tertiary/aromatic N) is 2. The zero-order valence-electron chi connectivity index (χ0n) is 11.2. The molecule has 0 saturated carbocycles. The van der Waals surface area contributed by atoms with Gasteiger partial charge in [-0.2, -0.15) is 5.10 Å². The van der Waals surface area contributed by atoms with Crippen LogP contribution in [0.25, 0.3) is 0 Å².